The van der Waals surface area contributed by atoms with Crippen molar-refractivity contribution in [3.63, 3.8) is 0 Å². The minimum absolute atomic E-state index is 0.0612. The molecule has 1 rings (SSSR count). The molecule has 0 aromatic heterocycles. The second-order valence-electron chi connectivity index (χ2n) is 6.62. The molecule has 0 aliphatic heterocycles. The number of ether oxygens (including phenoxy) is 2. The zero-order chi connectivity index (χ0) is 19.3. The van der Waals surface area contributed by atoms with Crippen LogP contribution in [-0.2, 0) is 19.1 Å². The van der Waals surface area contributed by atoms with Crippen molar-refractivity contribution in [3.05, 3.63) is 34.9 Å². The highest BCUT2D eigenvalue weighted by atomic mass is 35.5. The quantitative estimate of drug-likeness (QED) is 0.451. The van der Waals surface area contributed by atoms with Gasteiger partial charge in [0, 0.05) is 17.0 Å². The highest BCUT2D eigenvalue weighted by molar-refractivity contribution is 6.30. The third-order valence-corrected chi connectivity index (χ3v) is 3.57. The molecule has 0 aliphatic rings. The molecule has 0 radical (unpaired) electrons. The number of esters is 2. The Morgan fingerprint density at radius 3 is 2.12 bits per heavy atom. The first kappa shape index (κ1) is 21.1. The van der Waals surface area contributed by atoms with E-state index in [1.54, 1.807) is 52.0 Å². The van der Waals surface area contributed by atoms with Gasteiger partial charge in [-0.1, -0.05) is 11.6 Å². The minimum Gasteiger partial charge on any atom is -0.464 e. The second-order valence-corrected chi connectivity index (χ2v) is 7.06. The fraction of sp³-hybridized carbons (Fsp3) is 0.500. The summed E-state index contributed by atoms with van der Waals surface area (Å²) in [5.74, 6) is -2.09. The van der Waals surface area contributed by atoms with Crippen LogP contribution in [0.2, 0.25) is 5.02 Å². The topological polar surface area (TPSA) is 95.7 Å². The van der Waals surface area contributed by atoms with E-state index in [4.69, 9.17) is 26.8 Å². The molecule has 0 saturated heterocycles. The monoisotopic (exact) mass is 369 g/mol. The van der Waals surface area contributed by atoms with Gasteiger partial charge in [0.2, 0.25) is 5.54 Å². The van der Waals surface area contributed by atoms with Gasteiger partial charge in [-0.3, -0.25) is 4.79 Å². The molecule has 1 atom stereocenters. The maximum absolute atomic E-state index is 12.4. The summed E-state index contributed by atoms with van der Waals surface area (Å²) in [5.41, 5.74) is 3.56. The molecule has 138 valence electrons. The van der Waals surface area contributed by atoms with Gasteiger partial charge in [0.15, 0.2) is 5.78 Å². The average molecular weight is 370 g/mol. The number of benzene rings is 1. The van der Waals surface area contributed by atoms with Crippen molar-refractivity contribution in [1.82, 2.24) is 0 Å². The highest BCUT2D eigenvalue weighted by Gasteiger charge is 2.46. The van der Waals surface area contributed by atoms with Gasteiger partial charge in [-0.05, 0) is 58.4 Å². The van der Waals surface area contributed by atoms with E-state index in [1.807, 2.05) is 0 Å². The van der Waals surface area contributed by atoms with Crippen molar-refractivity contribution in [1.29, 1.82) is 0 Å². The summed E-state index contributed by atoms with van der Waals surface area (Å²) >= 11 is 5.79. The van der Waals surface area contributed by atoms with Crippen LogP contribution in [0.1, 0.15) is 50.9 Å². The fourth-order valence-electron chi connectivity index (χ4n) is 2.01. The van der Waals surface area contributed by atoms with Crippen molar-refractivity contribution in [2.45, 2.75) is 51.7 Å². The van der Waals surface area contributed by atoms with E-state index in [-0.39, 0.29) is 25.2 Å². The lowest BCUT2D eigenvalue weighted by molar-refractivity contribution is -0.171. The molecule has 0 saturated carbocycles. The standard InChI is InChI=1S/C18H24ClNO5/c1-5-24-15(22)18(20,16(23)25-17(2,3)4)11-10-14(21)12-6-8-13(19)9-7-12/h6-9H,5,10-11,20H2,1-4H3. The van der Waals surface area contributed by atoms with Gasteiger partial charge in [0.25, 0.3) is 0 Å². The Hall–Kier alpha value is -1.92. The zero-order valence-electron chi connectivity index (χ0n) is 14.9. The molecular formula is C18H24ClNO5. The Balaban J connectivity index is 2.93. The Morgan fingerprint density at radius 2 is 1.64 bits per heavy atom. The van der Waals surface area contributed by atoms with Gasteiger partial charge in [-0.15, -0.1) is 0 Å². The summed E-state index contributed by atoms with van der Waals surface area (Å²) in [6.07, 6.45) is -0.335. The van der Waals surface area contributed by atoms with E-state index < -0.39 is 23.1 Å². The van der Waals surface area contributed by atoms with Crippen molar-refractivity contribution in [2.75, 3.05) is 6.61 Å². The van der Waals surface area contributed by atoms with E-state index in [0.29, 0.717) is 10.6 Å². The highest BCUT2D eigenvalue weighted by Crippen LogP contribution is 2.21. The molecule has 0 aliphatic carbocycles. The maximum atomic E-state index is 12.4. The Kier molecular flexibility index (Phi) is 7.14. The number of hydrogen-bond donors (Lipinski definition) is 1. The molecule has 0 spiro atoms. The SMILES string of the molecule is CCOC(=O)C(N)(CCC(=O)c1ccc(Cl)cc1)C(=O)OC(C)(C)C. The summed E-state index contributed by atoms with van der Waals surface area (Å²) in [7, 11) is 0. The summed E-state index contributed by atoms with van der Waals surface area (Å²) in [5, 5.41) is 0.505. The molecule has 0 bridgehead atoms. The lowest BCUT2D eigenvalue weighted by Crippen LogP contribution is -2.58. The normalized spacial score (nSPS) is 13.7. The number of nitrogens with two attached hydrogens (primary N) is 1. The molecule has 25 heavy (non-hydrogen) atoms. The molecule has 0 heterocycles. The van der Waals surface area contributed by atoms with E-state index >= 15 is 0 Å². The molecule has 1 aromatic carbocycles. The molecular weight excluding hydrogens is 346 g/mol. The smallest absolute Gasteiger partial charge is 0.338 e. The summed E-state index contributed by atoms with van der Waals surface area (Å²) in [6.45, 7) is 6.65. The number of carbonyl (C=O) groups excluding carboxylic acids is 3. The van der Waals surface area contributed by atoms with Crippen LogP contribution in [0.4, 0.5) is 0 Å². The molecule has 6 nitrogen and oxygen atoms in total. The number of rotatable bonds is 7. The van der Waals surface area contributed by atoms with E-state index in [2.05, 4.69) is 0 Å². The first-order valence-corrected chi connectivity index (χ1v) is 8.35. The van der Waals surface area contributed by atoms with Gasteiger partial charge >= 0.3 is 11.9 Å². The van der Waals surface area contributed by atoms with Crippen LogP contribution in [-0.4, -0.2) is 35.5 Å². The lowest BCUT2D eigenvalue weighted by atomic mass is 9.91. The summed E-state index contributed by atoms with van der Waals surface area (Å²) in [6, 6.07) is 6.31. The third kappa shape index (κ3) is 6.14. The average Bonchev–Trinajstić information content (AvgIpc) is 2.51. The van der Waals surface area contributed by atoms with Gasteiger partial charge in [-0.2, -0.15) is 0 Å². The zero-order valence-corrected chi connectivity index (χ0v) is 15.7. The van der Waals surface area contributed by atoms with Crippen LogP contribution in [0.3, 0.4) is 0 Å². The largest absolute Gasteiger partial charge is 0.464 e. The predicted octanol–water partition coefficient (Wildman–Crippen LogP) is 2.91. The molecule has 1 aromatic rings. The maximum Gasteiger partial charge on any atom is 0.338 e. The van der Waals surface area contributed by atoms with Crippen LogP contribution >= 0.6 is 11.6 Å². The predicted molar refractivity (Wildman–Crippen MR) is 94.4 cm³/mol. The van der Waals surface area contributed by atoms with Crippen LogP contribution in [0.15, 0.2) is 24.3 Å². The minimum atomic E-state index is -2.04. The summed E-state index contributed by atoms with van der Waals surface area (Å²) < 4.78 is 10.1. The molecule has 2 N–H and O–H groups in total. The Morgan fingerprint density at radius 1 is 1.08 bits per heavy atom. The van der Waals surface area contributed by atoms with Crippen LogP contribution < -0.4 is 5.73 Å². The van der Waals surface area contributed by atoms with Crippen LogP contribution in [0.5, 0.6) is 0 Å². The number of Topliss-reactive ketones (excluding diaryl/α,β-unsaturated/α-hetero) is 1. The lowest BCUT2D eigenvalue weighted by Gasteiger charge is -2.29. The third-order valence-electron chi connectivity index (χ3n) is 3.32. The van der Waals surface area contributed by atoms with Crippen LogP contribution in [0.25, 0.3) is 0 Å². The molecule has 0 amide bonds. The van der Waals surface area contributed by atoms with Crippen molar-refractivity contribution in [2.24, 2.45) is 5.73 Å². The van der Waals surface area contributed by atoms with Crippen molar-refractivity contribution >= 4 is 29.3 Å². The fourth-order valence-corrected chi connectivity index (χ4v) is 2.13. The molecule has 7 heteroatoms. The molecule has 1 unspecified atom stereocenters. The number of carbonyl (C=O) groups is 3. The van der Waals surface area contributed by atoms with Gasteiger partial charge in [0.05, 0.1) is 6.61 Å². The summed E-state index contributed by atoms with van der Waals surface area (Å²) in [4.78, 5) is 36.9. The Bertz CT molecular complexity index is 636. The van der Waals surface area contributed by atoms with Gasteiger partial charge in [0.1, 0.15) is 5.60 Å². The Labute approximate surface area is 152 Å². The van der Waals surface area contributed by atoms with E-state index in [1.165, 1.54) is 0 Å². The van der Waals surface area contributed by atoms with Crippen molar-refractivity contribution in [3.8, 4) is 0 Å². The van der Waals surface area contributed by atoms with Gasteiger partial charge in [-0.25, -0.2) is 9.59 Å². The first-order chi connectivity index (χ1) is 11.5. The van der Waals surface area contributed by atoms with Crippen LogP contribution in [0, 0.1) is 0 Å². The van der Waals surface area contributed by atoms with Crippen molar-refractivity contribution < 1.29 is 23.9 Å². The van der Waals surface area contributed by atoms with E-state index in [0.717, 1.165) is 0 Å². The number of ketones is 1. The first-order valence-electron chi connectivity index (χ1n) is 7.98. The number of halogens is 1. The van der Waals surface area contributed by atoms with Gasteiger partial charge < -0.3 is 15.2 Å². The number of hydrogen-bond acceptors (Lipinski definition) is 6. The van der Waals surface area contributed by atoms with E-state index in [9.17, 15) is 14.4 Å². The molecule has 0 fully saturated rings. The second kappa shape index (κ2) is 8.45.